The van der Waals surface area contributed by atoms with E-state index in [0.29, 0.717) is 5.56 Å². The van der Waals surface area contributed by atoms with E-state index in [1.54, 1.807) is 23.5 Å². The summed E-state index contributed by atoms with van der Waals surface area (Å²) in [4.78, 5) is 5.21. The van der Waals surface area contributed by atoms with Crippen molar-refractivity contribution >= 4 is 90.6 Å². The number of thiophene rings is 1. The van der Waals surface area contributed by atoms with Gasteiger partial charge in [0, 0.05) is 27.1 Å². The van der Waals surface area contributed by atoms with Crippen LogP contribution < -0.4 is 4.18 Å². The molecule has 3 aromatic heterocycles. The van der Waals surface area contributed by atoms with Crippen molar-refractivity contribution in [2.45, 2.75) is 5.51 Å². The molecule has 0 aliphatic heterocycles. The van der Waals surface area contributed by atoms with E-state index in [9.17, 15) is 21.6 Å². The maximum atomic E-state index is 12.8. The molecule has 5 nitrogen and oxygen atoms in total. The second-order valence-electron chi connectivity index (χ2n) is 11.2. The predicted octanol–water partition coefficient (Wildman–Crippen LogP) is 10.2. The molecule has 3 heterocycles. The van der Waals surface area contributed by atoms with Crippen LogP contribution in [-0.2, 0) is 10.1 Å². The predicted molar refractivity (Wildman–Crippen MR) is 179 cm³/mol. The molecule has 0 amide bonds. The maximum absolute atomic E-state index is 12.8. The first kappa shape index (κ1) is 27.1. The summed E-state index contributed by atoms with van der Waals surface area (Å²) in [5.41, 5.74) is -1.05. The number of alkyl halides is 3. The van der Waals surface area contributed by atoms with E-state index in [0.717, 1.165) is 58.6 Å². The largest absolute Gasteiger partial charge is 0.534 e. The lowest BCUT2D eigenvalue weighted by Crippen LogP contribution is -2.28. The zero-order valence-corrected chi connectivity index (χ0v) is 25.2. The molecule has 0 bridgehead atoms. The number of imidazole rings is 1. The highest BCUT2D eigenvalue weighted by atomic mass is 32.2. The molecule has 224 valence electrons. The summed E-state index contributed by atoms with van der Waals surface area (Å²) in [6.07, 6.45) is 2.07. The topological polar surface area (TPSA) is 60.7 Å². The van der Waals surface area contributed by atoms with Crippen molar-refractivity contribution in [1.29, 1.82) is 0 Å². The third-order valence-corrected chi connectivity index (χ3v) is 10.7. The SMILES string of the molecule is O=S(=O)(Oc1ccc(-c2cccc3cc4sc5c(ccn6c7ccc8c9ccccc9ccc8c7nc56)c4cc23)cc1)C(F)(F)F. The summed E-state index contributed by atoms with van der Waals surface area (Å²) in [5.74, 6) is -0.412. The summed E-state index contributed by atoms with van der Waals surface area (Å²) in [6.45, 7) is 0. The van der Waals surface area contributed by atoms with Crippen molar-refractivity contribution in [2.24, 2.45) is 0 Å². The number of hydrogen-bond acceptors (Lipinski definition) is 5. The van der Waals surface area contributed by atoms with E-state index in [1.165, 1.54) is 28.3 Å². The van der Waals surface area contributed by atoms with E-state index < -0.39 is 21.4 Å². The number of nitrogens with zero attached hydrogens (tertiary/aromatic N) is 2. The summed E-state index contributed by atoms with van der Waals surface area (Å²) in [6, 6.07) is 34.8. The Hall–Kier alpha value is -5.19. The van der Waals surface area contributed by atoms with Crippen molar-refractivity contribution in [3.05, 3.63) is 115 Å². The molecule has 9 aromatic rings. The van der Waals surface area contributed by atoms with Crippen LogP contribution in [0.2, 0.25) is 0 Å². The van der Waals surface area contributed by atoms with Crippen LogP contribution in [0.15, 0.2) is 115 Å². The van der Waals surface area contributed by atoms with Gasteiger partial charge in [-0.15, -0.1) is 11.3 Å². The van der Waals surface area contributed by atoms with Crippen LogP contribution in [0.4, 0.5) is 13.2 Å². The molecule has 46 heavy (non-hydrogen) atoms. The molecule has 9 rings (SSSR count). The standard InChI is InChI=1S/C36H19F3N2O3S2/c37-36(38,39)46(42,43)44-23-11-8-21(9-12-23)25-7-3-5-22-18-32-30(19-29(22)25)28-16-17-41-31-15-14-26-24-6-2-1-4-20(24)10-13-27(26)33(31)40-35(41)34(28)45-32/h1-19H. The lowest BCUT2D eigenvalue weighted by atomic mass is 9.97. The molecule has 0 spiro atoms. The zero-order valence-electron chi connectivity index (χ0n) is 23.5. The summed E-state index contributed by atoms with van der Waals surface area (Å²) in [7, 11) is -5.75. The normalized spacial score (nSPS) is 12.8. The summed E-state index contributed by atoms with van der Waals surface area (Å²) < 4.78 is 69.9. The third kappa shape index (κ3) is 3.93. The van der Waals surface area contributed by atoms with Gasteiger partial charge in [-0.3, -0.25) is 4.40 Å². The quantitative estimate of drug-likeness (QED) is 0.109. The molecule has 0 atom stereocenters. The molecule has 0 aliphatic carbocycles. The molecule has 0 radical (unpaired) electrons. The highest BCUT2D eigenvalue weighted by Gasteiger charge is 2.48. The molecule has 0 aliphatic rings. The minimum Gasteiger partial charge on any atom is -0.376 e. The Bertz CT molecular complexity index is 2840. The maximum Gasteiger partial charge on any atom is 0.534 e. The van der Waals surface area contributed by atoms with Gasteiger partial charge in [-0.1, -0.05) is 72.8 Å². The molecule has 10 heteroatoms. The monoisotopic (exact) mass is 648 g/mol. The van der Waals surface area contributed by atoms with Crippen molar-refractivity contribution < 1.29 is 25.8 Å². The molecule has 0 saturated carbocycles. The smallest absolute Gasteiger partial charge is 0.376 e. The zero-order chi connectivity index (χ0) is 31.4. The summed E-state index contributed by atoms with van der Waals surface area (Å²) in [5, 5.41) is 8.77. The minimum absolute atomic E-state index is 0.412. The Balaban J connectivity index is 1.20. The minimum atomic E-state index is -5.75. The van der Waals surface area contributed by atoms with Gasteiger partial charge in [0.25, 0.3) is 0 Å². The lowest BCUT2D eigenvalue weighted by molar-refractivity contribution is -0.0500. The van der Waals surface area contributed by atoms with Gasteiger partial charge in [-0.2, -0.15) is 21.6 Å². The average molecular weight is 649 g/mol. The molecule has 0 N–H and O–H groups in total. The van der Waals surface area contributed by atoms with E-state index in [1.807, 2.05) is 24.3 Å². The first-order valence-corrected chi connectivity index (χ1v) is 16.5. The number of pyridine rings is 1. The Labute approximate surface area is 262 Å². The third-order valence-electron chi connectivity index (χ3n) is 8.56. The van der Waals surface area contributed by atoms with Crippen molar-refractivity contribution in [3.8, 4) is 16.9 Å². The van der Waals surface area contributed by atoms with Crippen LogP contribution in [0.25, 0.3) is 80.3 Å². The molecule has 6 aromatic carbocycles. The highest BCUT2D eigenvalue weighted by Crippen LogP contribution is 2.42. The average Bonchev–Trinajstić information content (AvgIpc) is 3.61. The van der Waals surface area contributed by atoms with Crippen molar-refractivity contribution in [2.75, 3.05) is 0 Å². The number of aromatic nitrogens is 2. The molecule has 0 fully saturated rings. The molecular weight excluding hydrogens is 630 g/mol. The van der Waals surface area contributed by atoms with Gasteiger partial charge in [0.15, 0.2) is 5.65 Å². The van der Waals surface area contributed by atoms with E-state index in [2.05, 4.69) is 75.4 Å². The molecule has 0 saturated heterocycles. The van der Waals surface area contributed by atoms with Crippen molar-refractivity contribution in [3.63, 3.8) is 0 Å². The number of fused-ring (bicyclic) bond motifs is 12. The van der Waals surface area contributed by atoms with Gasteiger partial charge < -0.3 is 4.18 Å². The van der Waals surface area contributed by atoms with E-state index in [-0.39, 0.29) is 0 Å². The van der Waals surface area contributed by atoms with Crippen LogP contribution in [0.1, 0.15) is 0 Å². The van der Waals surface area contributed by atoms with Gasteiger partial charge >= 0.3 is 15.6 Å². The number of benzene rings is 6. The van der Waals surface area contributed by atoms with Crippen LogP contribution in [0.5, 0.6) is 5.75 Å². The Morgan fingerprint density at radius 2 is 1.48 bits per heavy atom. The van der Waals surface area contributed by atoms with E-state index in [4.69, 9.17) is 4.98 Å². The molecular formula is C36H19F3N2O3S2. The fourth-order valence-corrected chi connectivity index (χ4v) is 8.11. The second kappa shape index (κ2) is 9.41. The lowest BCUT2D eigenvalue weighted by Gasteiger charge is -2.11. The van der Waals surface area contributed by atoms with Gasteiger partial charge in [-0.05, 0) is 74.5 Å². The van der Waals surface area contributed by atoms with Gasteiger partial charge in [-0.25, -0.2) is 4.98 Å². The Morgan fingerprint density at radius 1 is 0.696 bits per heavy atom. The summed E-state index contributed by atoms with van der Waals surface area (Å²) >= 11 is 1.69. The first-order chi connectivity index (χ1) is 22.2. The number of rotatable bonds is 3. The van der Waals surface area contributed by atoms with Gasteiger partial charge in [0.05, 0.1) is 15.7 Å². The Morgan fingerprint density at radius 3 is 2.30 bits per heavy atom. The highest BCUT2D eigenvalue weighted by molar-refractivity contribution is 7.88. The number of hydrogen-bond donors (Lipinski definition) is 0. The molecule has 0 unspecified atom stereocenters. The van der Waals surface area contributed by atoms with Gasteiger partial charge in [0.1, 0.15) is 5.75 Å². The van der Waals surface area contributed by atoms with Gasteiger partial charge in [0.2, 0.25) is 0 Å². The fraction of sp³-hybridized carbons (Fsp3) is 0.0278. The Kier molecular flexibility index (Phi) is 5.56. The van der Waals surface area contributed by atoms with E-state index >= 15 is 0 Å². The fourth-order valence-electron chi connectivity index (χ4n) is 6.44. The van der Waals surface area contributed by atoms with Crippen LogP contribution in [0.3, 0.4) is 0 Å². The van der Waals surface area contributed by atoms with Crippen LogP contribution in [0, 0.1) is 0 Å². The first-order valence-electron chi connectivity index (χ1n) is 14.3. The van der Waals surface area contributed by atoms with Crippen molar-refractivity contribution in [1.82, 2.24) is 9.38 Å². The second-order valence-corrected chi connectivity index (χ2v) is 13.8. The van der Waals surface area contributed by atoms with Crippen LogP contribution in [-0.4, -0.2) is 23.3 Å². The van der Waals surface area contributed by atoms with Crippen LogP contribution >= 0.6 is 11.3 Å². The number of halogens is 3.